The van der Waals surface area contributed by atoms with Gasteiger partial charge in [0.2, 0.25) is 0 Å². The molecule has 0 aliphatic heterocycles. The van der Waals surface area contributed by atoms with E-state index in [9.17, 15) is 10.2 Å². The van der Waals surface area contributed by atoms with E-state index in [1.54, 1.807) is 20.4 Å². The van der Waals surface area contributed by atoms with Crippen LogP contribution in [-0.2, 0) is 19.6 Å². The third kappa shape index (κ3) is 3.43. The first-order valence-corrected chi connectivity index (χ1v) is 8.02. The molecule has 1 heterocycles. The van der Waals surface area contributed by atoms with Gasteiger partial charge in [0.25, 0.3) is 0 Å². The summed E-state index contributed by atoms with van der Waals surface area (Å²) in [6, 6.07) is 11.5. The maximum absolute atomic E-state index is 9.55. The third-order valence-electron chi connectivity index (χ3n) is 4.33. The van der Waals surface area contributed by atoms with Crippen molar-refractivity contribution < 1.29 is 19.7 Å². The van der Waals surface area contributed by atoms with Gasteiger partial charge in [-0.05, 0) is 52.4 Å². The monoisotopic (exact) mass is 339 g/mol. The molecular formula is C20H21NO4. The number of rotatable bonds is 6. The van der Waals surface area contributed by atoms with E-state index < -0.39 is 0 Å². The highest BCUT2D eigenvalue weighted by atomic mass is 16.5. The third-order valence-corrected chi connectivity index (χ3v) is 4.33. The molecule has 0 saturated heterocycles. The van der Waals surface area contributed by atoms with Crippen molar-refractivity contribution in [3.63, 3.8) is 0 Å². The van der Waals surface area contributed by atoms with Crippen LogP contribution in [0.1, 0.15) is 22.4 Å². The van der Waals surface area contributed by atoms with E-state index in [0.29, 0.717) is 17.9 Å². The number of hydrogen-bond acceptors (Lipinski definition) is 5. The lowest BCUT2D eigenvalue weighted by atomic mass is 9.98. The maximum Gasteiger partial charge on any atom is 0.160 e. The van der Waals surface area contributed by atoms with Gasteiger partial charge in [0.05, 0.1) is 33.1 Å². The summed E-state index contributed by atoms with van der Waals surface area (Å²) in [7, 11) is 3.22. The molecule has 5 nitrogen and oxygen atoms in total. The number of methoxy groups -OCH3 is 2. The molecule has 0 bridgehead atoms. The van der Waals surface area contributed by atoms with Crippen LogP contribution in [0.3, 0.4) is 0 Å². The molecule has 0 atom stereocenters. The summed E-state index contributed by atoms with van der Waals surface area (Å²) in [6.45, 7) is -0.213. The fourth-order valence-corrected chi connectivity index (χ4v) is 2.99. The molecule has 5 heteroatoms. The van der Waals surface area contributed by atoms with Gasteiger partial charge in [-0.3, -0.25) is 4.98 Å². The van der Waals surface area contributed by atoms with Gasteiger partial charge >= 0.3 is 0 Å². The number of aliphatic hydroxyl groups excluding tert-OH is 2. The number of aliphatic hydroxyl groups is 2. The van der Waals surface area contributed by atoms with Crippen LogP contribution < -0.4 is 9.47 Å². The normalized spacial score (nSPS) is 10.9. The number of ether oxygens (including phenoxy) is 2. The molecule has 0 radical (unpaired) electrons. The SMILES string of the molecule is COc1ccc(Cc2nccc3cc(CO)c(CO)cc23)cc1OC. The molecule has 2 N–H and O–H groups in total. The highest BCUT2D eigenvalue weighted by Gasteiger charge is 2.10. The predicted molar refractivity (Wildman–Crippen MR) is 95.9 cm³/mol. The van der Waals surface area contributed by atoms with E-state index in [-0.39, 0.29) is 13.2 Å². The smallest absolute Gasteiger partial charge is 0.160 e. The van der Waals surface area contributed by atoms with Gasteiger partial charge < -0.3 is 19.7 Å². The number of benzene rings is 2. The lowest BCUT2D eigenvalue weighted by Crippen LogP contribution is -1.99. The Kier molecular flexibility index (Phi) is 5.16. The Morgan fingerprint density at radius 2 is 1.60 bits per heavy atom. The lowest BCUT2D eigenvalue weighted by molar-refractivity contribution is 0.260. The largest absolute Gasteiger partial charge is 0.493 e. The molecule has 3 rings (SSSR count). The summed E-state index contributed by atoms with van der Waals surface area (Å²) in [4.78, 5) is 4.51. The van der Waals surface area contributed by atoms with Crippen LogP contribution in [0.2, 0.25) is 0 Å². The maximum atomic E-state index is 9.55. The van der Waals surface area contributed by atoms with Crippen molar-refractivity contribution in [3.05, 3.63) is 65.0 Å². The average Bonchev–Trinajstić information content (AvgIpc) is 2.66. The summed E-state index contributed by atoms with van der Waals surface area (Å²) in [6.07, 6.45) is 2.39. The highest BCUT2D eigenvalue weighted by Crippen LogP contribution is 2.30. The second-order valence-electron chi connectivity index (χ2n) is 5.78. The molecule has 0 amide bonds. The topological polar surface area (TPSA) is 71.8 Å². The van der Waals surface area contributed by atoms with E-state index in [1.165, 1.54) is 0 Å². The number of fused-ring (bicyclic) bond motifs is 1. The van der Waals surface area contributed by atoms with E-state index in [2.05, 4.69) is 4.98 Å². The Morgan fingerprint density at radius 3 is 2.28 bits per heavy atom. The molecule has 0 aliphatic rings. The standard InChI is InChI=1S/C20H21NO4/c1-24-19-4-3-13(8-20(19)25-2)7-18-17-10-16(12-23)15(11-22)9-14(17)5-6-21-18/h3-6,8-10,22-23H,7,11-12H2,1-2H3. The average molecular weight is 339 g/mol. The van der Waals surface area contributed by atoms with Gasteiger partial charge in [0, 0.05) is 18.0 Å². The molecule has 3 aromatic rings. The second kappa shape index (κ2) is 7.51. The zero-order chi connectivity index (χ0) is 17.8. The molecule has 0 unspecified atom stereocenters. The van der Waals surface area contributed by atoms with Gasteiger partial charge in [0.1, 0.15) is 0 Å². The summed E-state index contributed by atoms with van der Waals surface area (Å²) in [5.41, 5.74) is 3.41. The van der Waals surface area contributed by atoms with Gasteiger partial charge in [-0.15, -0.1) is 0 Å². The van der Waals surface area contributed by atoms with Gasteiger partial charge in [-0.25, -0.2) is 0 Å². The van der Waals surface area contributed by atoms with Crippen molar-refractivity contribution in [1.82, 2.24) is 4.98 Å². The minimum absolute atomic E-state index is 0.0980. The second-order valence-corrected chi connectivity index (χ2v) is 5.78. The van der Waals surface area contributed by atoms with Crippen molar-refractivity contribution in [2.75, 3.05) is 14.2 Å². The molecule has 0 aliphatic carbocycles. The Bertz CT molecular complexity index is 892. The first-order chi connectivity index (χ1) is 12.2. The Balaban J connectivity index is 2.04. The fraction of sp³-hybridized carbons (Fsp3) is 0.250. The quantitative estimate of drug-likeness (QED) is 0.722. The van der Waals surface area contributed by atoms with Crippen molar-refractivity contribution in [3.8, 4) is 11.5 Å². The Morgan fingerprint density at radius 1 is 0.880 bits per heavy atom. The Labute approximate surface area is 146 Å². The summed E-state index contributed by atoms with van der Waals surface area (Å²) in [5, 5.41) is 21.0. The van der Waals surface area contributed by atoms with E-state index in [1.807, 2.05) is 36.4 Å². The highest BCUT2D eigenvalue weighted by molar-refractivity contribution is 5.86. The first-order valence-electron chi connectivity index (χ1n) is 8.02. The molecule has 25 heavy (non-hydrogen) atoms. The molecule has 1 aromatic heterocycles. The van der Waals surface area contributed by atoms with Crippen molar-refractivity contribution >= 4 is 10.8 Å². The summed E-state index contributed by atoms with van der Waals surface area (Å²) in [5.74, 6) is 1.37. The minimum Gasteiger partial charge on any atom is -0.493 e. The van der Waals surface area contributed by atoms with Crippen molar-refractivity contribution in [2.24, 2.45) is 0 Å². The summed E-state index contributed by atoms with van der Waals surface area (Å²) < 4.78 is 10.6. The van der Waals surface area contributed by atoms with E-state index in [0.717, 1.165) is 33.2 Å². The summed E-state index contributed by atoms with van der Waals surface area (Å²) >= 11 is 0. The van der Waals surface area contributed by atoms with Gasteiger partial charge in [-0.1, -0.05) is 6.07 Å². The van der Waals surface area contributed by atoms with Crippen LogP contribution in [0.25, 0.3) is 10.8 Å². The minimum atomic E-state index is -0.115. The fourth-order valence-electron chi connectivity index (χ4n) is 2.99. The zero-order valence-electron chi connectivity index (χ0n) is 14.3. The van der Waals surface area contributed by atoms with Crippen LogP contribution >= 0.6 is 0 Å². The molecule has 130 valence electrons. The lowest BCUT2D eigenvalue weighted by Gasteiger charge is -2.12. The zero-order valence-corrected chi connectivity index (χ0v) is 14.3. The first kappa shape index (κ1) is 17.2. The predicted octanol–water partition coefficient (Wildman–Crippen LogP) is 2.83. The van der Waals surface area contributed by atoms with Gasteiger partial charge in [0.15, 0.2) is 11.5 Å². The van der Waals surface area contributed by atoms with E-state index in [4.69, 9.17) is 9.47 Å². The van der Waals surface area contributed by atoms with Crippen LogP contribution in [0.5, 0.6) is 11.5 Å². The number of nitrogens with zero attached hydrogens (tertiary/aromatic N) is 1. The number of aromatic nitrogens is 1. The van der Waals surface area contributed by atoms with Crippen molar-refractivity contribution in [2.45, 2.75) is 19.6 Å². The van der Waals surface area contributed by atoms with Crippen LogP contribution in [0.4, 0.5) is 0 Å². The Hall–Kier alpha value is -2.63. The number of pyridine rings is 1. The molecular weight excluding hydrogens is 318 g/mol. The van der Waals surface area contributed by atoms with Crippen LogP contribution in [0.15, 0.2) is 42.6 Å². The van der Waals surface area contributed by atoms with Crippen molar-refractivity contribution in [1.29, 1.82) is 0 Å². The molecule has 0 fully saturated rings. The van der Waals surface area contributed by atoms with Crippen LogP contribution in [-0.4, -0.2) is 29.4 Å². The van der Waals surface area contributed by atoms with E-state index >= 15 is 0 Å². The number of hydrogen-bond donors (Lipinski definition) is 2. The molecule has 0 spiro atoms. The van der Waals surface area contributed by atoms with Gasteiger partial charge in [-0.2, -0.15) is 0 Å². The molecule has 2 aromatic carbocycles. The van der Waals surface area contributed by atoms with Crippen LogP contribution in [0, 0.1) is 0 Å². The molecule has 0 saturated carbocycles.